The topological polar surface area (TPSA) is 72.5 Å². The Morgan fingerprint density at radius 2 is 1.75 bits per heavy atom. The molecule has 0 aromatic heterocycles. The average molecular weight is 355 g/mol. The summed E-state index contributed by atoms with van der Waals surface area (Å²) in [5.41, 5.74) is 1.47. The second-order valence-corrected chi connectivity index (χ2v) is 6.79. The number of ether oxygens (including phenoxy) is 1. The van der Waals surface area contributed by atoms with Crippen molar-refractivity contribution >= 4 is 21.4 Å². The van der Waals surface area contributed by atoms with Gasteiger partial charge in [-0.1, -0.05) is 18.2 Å². The van der Waals surface area contributed by atoms with Gasteiger partial charge in [0.25, 0.3) is 5.91 Å². The van der Waals surface area contributed by atoms with Gasteiger partial charge >= 0.3 is 5.76 Å². The number of hydrogen-bond acceptors (Lipinski definition) is 4. The highest BCUT2D eigenvalue weighted by Crippen LogP contribution is 2.20. The number of anilines is 1. The van der Waals surface area contributed by atoms with E-state index in [0.717, 1.165) is 17.7 Å². The number of alkyl halides is 2. The Labute approximate surface area is 138 Å². The molecule has 0 spiro atoms. The Hall–Kier alpha value is -2.32. The van der Waals surface area contributed by atoms with Crippen molar-refractivity contribution in [2.75, 3.05) is 12.4 Å². The molecule has 2 aromatic carbocycles. The van der Waals surface area contributed by atoms with E-state index < -0.39 is 26.4 Å². The minimum atomic E-state index is -4.67. The Morgan fingerprint density at radius 1 is 1.12 bits per heavy atom. The molecule has 128 valence electrons. The average Bonchev–Trinajstić information content (AvgIpc) is 2.57. The molecule has 0 aliphatic carbocycles. The number of hydrogen-bond donors (Lipinski definition) is 1. The van der Waals surface area contributed by atoms with E-state index in [-0.39, 0.29) is 5.56 Å². The van der Waals surface area contributed by atoms with Gasteiger partial charge < -0.3 is 10.1 Å². The molecule has 5 nitrogen and oxygen atoms in total. The van der Waals surface area contributed by atoms with Crippen molar-refractivity contribution in [3.05, 3.63) is 59.7 Å². The Morgan fingerprint density at radius 3 is 2.33 bits per heavy atom. The molecule has 2 rings (SSSR count). The van der Waals surface area contributed by atoms with Crippen molar-refractivity contribution in [2.24, 2.45) is 0 Å². The molecule has 0 radical (unpaired) electrons. The third kappa shape index (κ3) is 3.95. The van der Waals surface area contributed by atoms with E-state index in [9.17, 15) is 22.0 Å². The molecular weight excluding hydrogens is 340 g/mol. The lowest BCUT2D eigenvalue weighted by Gasteiger charge is -2.11. The van der Waals surface area contributed by atoms with Crippen molar-refractivity contribution in [3.8, 4) is 0 Å². The molecule has 0 bridgehead atoms. The van der Waals surface area contributed by atoms with Gasteiger partial charge in [-0.25, -0.2) is 8.42 Å². The van der Waals surface area contributed by atoms with Gasteiger partial charge in [-0.2, -0.15) is 8.78 Å². The van der Waals surface area contributed by atoms with Crippen LogP contribution in [-0.4, -0.2) is 27.2 Å². The van der Waals surface area contributed by atoms with Crippen molar-refractivity contribution < 1.29 is 26.7 Å². The van der Waals surface area contributed by atoms with E-state index in [1.54, 1.807) is 24.3 Å². The molecule has 24 heavy (non-hydrogen) atoms. The quantitative estimate of drug-likeness (QED) is 0.864. The zero-order valence-electron chi connectivity index (χ0n) is 12.7. The third-order valence-corrected chi connectivity index (χ3v) is 4.64. The molecule has 0 heterocycles. The molecule has 0 fully saturated rings. The van der Waals surface area contributed by atoms with E-state index in [1.807, 2.05) is 0 Å². The van der Waals surface area contributed by atoms with Gasteiger partial charge in [0.15, 0.2) is 0 Å². The molecule has 0 saturated heterocycles. The van der Waals surface area contributed by atoms with E-state index in [0.29, 0.717) is 12.3 Å². The molecule has 2 aromatic rings. The summed E-state index contributed by atoms with van der Waals surface area (Å²) >= 11 is 0. The van der Waals surface area contributed by atoms with Crippen molar-refractivity contribution in [1.82, 2.24) is 0 Å². The van der Waals surface area contributed by atoms with Gasteiger partial charge in [0, 0.05) is 23.9 Å². The molecular formula is C16H15F2NO4S. The summed E-state index contributed by atoms with van der Waals surface area (Å²) in [6.07, 6.45) is 0. The van der Waals surface area contributed by atoms with Gasteiger partial charge in [-0.05, 0) is 30.3 Å². The summed E-state index contributed by atoms with van der Waals surface area (Å²) in [5.74, 6) is -3.99. The number of para-hydroxylation sites is 1. The van der Waals surface area contributed by atoms with Crippen LogP contribution in [-0.2, 0) is 21.2 Å². The first-order valence-electron chi connectivity index (χ1n) is 6.86. The minimum absolute atomic E-state index is 0.149. The Kier molecular flexibility index (Phi) is 5.63. The van der Waals surface area contributed by atoms with Crippen LogP contribution in [0.5, 0.6) is 0 Å². The first kappa shape index (κ1) is 18.0. The van der Waals surface area contributed by atoms with Gasteiger partial charge in [0.2, 0.25) is 9.84 Å². The number of carbonyl (C=O) groups is 1. The van der Waals surface area contributed by atoms with Crippen LogP contribution in [0.25, 0.3) is 0 Å². The monoisotopic (exact) mass is 355 g/mol. The molecule has 0 unspecified atom stereocenters. The molecule has 1 amide bonds. The summed E-state index contributed by atoms with van der Waals surface area (Å²) in [4.78, 5) is 11.7. The first-order chi connectivity index (χ1) is 11.4. The van der Waals surface area contributed by atoms with Crippen LogP contribution in [0.2, 0.25) is 0 Å². The van der Waals surface area contributed by atoms with Crippen LogP contribution in [0.4, 0.5) is 14.5 Å². The van der Waals surface area contributed by atoms with Crippen molar-refractivity contribution in [2.45, 2.75) is 17.3 Å². The highest BCUT2D eigenvalue weighted by Gasteiger charge is 2.26. The highest BCUT2D eigenvalue weighted by atomic mass is 32.2. The lowest BCUT2D eigenvalue weighted by Crippen LogP contribution is -2.15. The van der Waals surface area contributed by atoms with Crippen LogP contribution >= 0.6 is 0 Å². The van der Waals surface area contributed by atoms with Crippen LogP contribution in [0.15, 0.2) is 53.4 Å². The summed E-state index contributed by atoms with van der Waals surface area (Å²) in [6.45, 7) is 0.308. The number of methoxy groups -OCH3 is 1. The standard InChI is InChI=1S/C16H15F2NO4S/c1-23-10-12-4-2-3-5-14(12)19-15(20)11-6-8-13(9-7-11)24(21,22)16(17)18/h2-9,16H,10H2,1H3,(H,19,20). The van der Waals surface area contributed by atoms with Crippen LogP contribution in [0.1, 0.15) is 15.9 Å². The first-order valence-corrected chi connectivity index (χ1v) is 8.41. The summed E-state index contributed by atoms with van der Waals surface area (Å²) in [5, 5.41) is 2.68. The van der Waals surface area contributed by atoms with Gasteiger partial charge in [0.1, 0.15) is 0 Å². The summed E-state index contributed by atoms with van der Waals surface area (Å²) < 4.78 is 52.7. The molecule has 0 aliphatic heterocycles. The second kappa shape index (κ2) is 7.50. The maximum absolute atomic E-state index is 12.5. The van der Waals surface area contributed by atoms with Gasteiger partial charge in [-0.3, -0.25) is 4.79 Å². The fourth-order valence-electron chi connectivity index (χ4n) is 2.02. The van der Waals surface area contributed by atoms with Crippen molar-refractivity contribution in [1.29, 1.82) is 0 Å². The maximum Gasteiger partial charge on any atom is 0.341 e. The lowest BCUT2D eigenvalue weighted by atomic mass is 10.1. The lowest BCUT2D eigenvalue weighted by molar-refractivity contribution is 0.102. The summed E-state index contributed by atoms with van der Waals surface area (Å²) in [6, 6.07) is 11.4. The summed E-state index contributed by atoms with van der Waals surface area (Å²) in [7, 11) is -3.15. The number of sulfone groups is 1. The Bertz CT molecular complexity index is 820. The van der Waals surface area contributed by atoms with E-state index in [2.05, 4.69) is 5.32 Å². The zero-order chi connectivity index (χ0) is 17.7. The Balaban J connectivity index is 2.20. The van der Waals surface area contributed by atoms with E-state index >= 15 is 0 Å². The number of benzene rings is 2. The molecule has 0 saturated carbocycles. The number of carbonyl (C=O) groups excluding carboxylic acids is 1. The SMILES string of the molecule is COCc1ccccc1NC(=O)c1ccc(S(=O)(=O)C(F)F)cc1. The normalized spacial score (nSPS) is 11.5. The molecule has 0 atom stereocenters. The van der Waals surface area contributed by atoms with Crippen LogP contribution < -0.4 is 5.32 Å². The van der Waals surface area contributed by atoms with E-state index in [4.69, 9.17) is 4.74 Å². The highest BCUT2D eigenvalue weighted by molar-refractivity contribution is 7.91. The van der Waals surface area contributed by atoms with Crippen LogP contribution in [0, 0.1) is 0 Å². The number of halogens is 2. The van der Waals surface area contributed by atoms with Crippen molar-refractivity contribution in [3.63, 3.8) is 0 Å². The number of nitrogens with one attached hydrogen (secondary N) is 1. The zero-order valence-corrected chi connectivity index (χ0v) is 13.5. The predicted octanol–water partition coefficient (Wildman–Crippen LogP) is 3.08. The minimum Gasteiger partial charge on any atom is -0.380 e. The van der Waals surface area contributed by atoms with Crippen LogP contribution in [0.3, 0.4) is 0 Å². The number of amides is 1. The largest absolute Gasteiger partial charge is 0.380 e. The fraction of sp³-hybridized carbons (Fsp3) is 0.188. The molecule has 1 N–H and O–H groups in total. The smallest absolute Gasteiger partial charge is 0.341 e. The van der Waals surface area contributed by atoms with Gasteiger partial charge in [-0.15, -0.1) is 0 Å². The van der Waals surface area contributed by atoms with Gasteiger partial charge in [0.05, 0.1) is 11.5 Å². The second-order valence-electron chi connectivity index (χ2n) is 4.87. The third-order valence-electron chi connectivity index (χ3n) is 3.25. The molecule has 0 aliphatic rings. The maximum atomic E-state index is 12.5. The number of rotatable bonds is 6. The van der Waals surface area contributed by atoms with E-state index in [1.165, 1.54) is 19.2 Å². The predicted molar refractivity (Wildman–Crippen MR) is 84.7 cm³/mol. The fourth-order valence-corrected chi connectivity index (χ4v) is 2.74. The molecule has 8 heteroatoms.